The molecule has 0 saturated carbocycles. The molecule has 5 heteroatoms. The molecular weight excluding hydrogens is 398 g/mol. The molecule has 3 aromatic carbocycles. The summed E-state index contributed by atoms with van der Waals surface area (Å²) in [6.07, 6.45) is 0.646. The van der Waals surface area contributed by atoms with Crippen LogP contribution in [0.15, 0.2) is 95.8 Å². The highest BCUT2D eigenvalue weighted by molar-refractivity contribution is 5.35. The van der Waals surface area contributed by atoms with E-state index in [2.05, 4.69) is 22.0 Å². The Morgan fingerprint density at radius 2 is 1.41 bits per heavy atom. The minimum atomic E-state index is -0.452. The van der Waals surface area contributed by atoms with Crippen molar-refractivity contribution in [3.8, 4) is 6.01 Å². The Balaban J connectivity index is 1.57. The molecule has 0 atom stereocenters. The molecule has 0 saturated heterocycles. The lowest BCUT2D eigenvalue weighted by Gasteiger charge is -2.29. The zero-order valence-corrected chi connectivity index (χ0v) is 17.8. The molecule has 0 unspecified atom stereocenters. The summed E-state index contributed by atoms with van der Waals surface area (Å²) in [5.74, 6) is 0. The molecule has 1 aromatic heterocycles. The third-order valence-corrected chi connectivity index (χ3v) is 6.06. The van der Waals surface area contributed by atoms with Crippen LogP contribution in [-0.2, 0) is 19.5 Å². The number of hydrogen-bond donors (Lipinski definition) is 1. The van der Waals surface area contributed by atoms with Crippen LogP contribution in [0.25, 0.3) is 0 Å². The normalized spacial score (nSPS) is 13.8. The number of aromatic hydroxyl groups is 1. The third kappa shape index (κ3) is 3.95. The van der Waals surface area contributed by atoms with Crippen LogP contribution in [0.1, 0.15) is 34.0 Å². The van der Waals surface area contributed by atoms with Gasteiger partial charge in [-0.1, -0.05) is 91.0 Å². The van der Waals surface area contributed by atoms with Gasteiger partial charge in [-0.05, 0) is 16.7 Å². The molecule has 1 aliphatic heterocycles. The fraction of sp³-hybridized carbons (Fsp3) is 0.185. The Labute approximate surface area is 187 Å². The number of hydrogen-bond acceptors (Lipinski definition) is 4. The quantitative estimate of drug-likeness (QED) is 0.524. The first-order valence-corrected chi connectivity index (χ1v) is 10.9. The lowest BCUT2D eigenvalue weighted by atomic mass is 9.97. The molecule has 0 amide bonds. The van der Waals surface area contributed by atoms with Crippen LogP contribution < -0.4 is 5.56 Å². The van der Waals surface area contributed by atoms with E-state index in [1.54, 1.807) is 0 Å². The van der Waals surface area contributed by atoms with Crippen molar-refractivity contribution in [1.29, 1.82) is 0 Å². The lowest BCUT2D eigenvalue weighted by Crippen LogP contribution is -2.39. The number of benzene rings is 3. The van der Waals surface area contributed by atoms with Crippen LogP contribution >= 0.6 is 0 Å². The molecule has 32 heavy (non-hydrogen) atoms. The van der Waals surface area contributed by atoms with Gasteiger partial charge in [0.2, 0.25) is 0 Å². The van der Waals surface area contributed by atoms with Crippen molar-refractivity contribution in [2.45, 2.75) is 25.6 Å². The predicted octanol–water partition coefficient (Wildman–Crippen LogP) is 4.14. The van der Waals surface area contributed by atoms with E-state index in [0.29, 0.717) is 24.2 Å². The molecule has 0 bridgehead atoms. The van der Waals surface area contributed by atoms with Gasteiger partial charge in [0.25, 0.3) is 11.6 Å². The van der Waals surface area contributed by atoms with E-state index in [-0.39, 0.29) is 11.6 Å². The van der Waals surface area contributed by atoms with E-state index < -0.39 is 6.04 Å². The monoisotopic (exact) mass is 423 g/mol. The molecule has 2 heterocycles. The highest BCUT2D eigenvalue weighted by Crippen LogP contribution is 2.29. The molecule has 5 rings (SSSR count). The van der Waals surface area contributed by atoms with Crippen molar-refractivity contribution >= 4 is 0 Å². The zero-order valence-electron chi connectivity index (χ0n) is 17.8. The number of rotatable bonds is 5. The second kappa shape index (κ2) is 8.81. The fourth-order valence-electron chi connectivity index (χ4n) is 4.50. The summed E-state index contributed by atoms with van der Waals surface area (Å²) in [5.41, 5.74) is 4.26. The first kappa shape index (κ1) is 20.2. The molecule has 0 radical (unpaired) electrons. The van der Waals surface area contributed by atoms with E-state index in [1.807, 2.05) is 78.9 Å². The van der Waals surface area contributed by atoms with Crippen molar-refractivity contribution in [1.82, 2.24) is 14.5 Å². The van der Waals surface area contributed by atoms with E-state index in [0.717, 1.165) is 24.2 Å². The summed E-state index contributed by atoms with van der Waals surface area (Å²) in [6, 6.07) is 29.2. The van der Waals surface area contributed by atoms with Gasteiger partial charge in [0.1, 0.15) is 0 Å². The zero-order chi connectivity index (χ0) is 21.9. The van der Waals surface area contributed by atoms with Crippen LogP contribution in [0.4, 0.5) is 0 Å². The Hall–Kier alpha value is -3.70. The standard InChI is InChI=1S/C27H25N3O2/c31-26-23-19-29(18-20-10-4-1-5-11-20)17-16-24(23)28-27(32)30(26)25(21-12-6-2-7-13-21)22-14-8-3-9-15-22/h1-15,25H,16-19H2,(H,28,32). The van der Waals surface area contributed by atoms with Crippen LogP contribution in [0.5, 0.6) is 6.01 Å². The summed E-state index contributed by atoms with van der Waals surface area (Å²) in [4.78, 5) is 20.5. The van der Waals surface area contributed by atoms with E-state index in [9.17, 15) is 9.90 Å². The second-order valence-corrected chi connectivity index (χ2v) is 8.18. The molecule has 1 aliphatic rings. The molecular formula is C27H25N3O2. The van der Waals surface area contributed by atoms with Gasteiger partial charge < -0.3 is 5.11 Å². The van der Waals surface area contributed by atoms with E-state index in [1.165, 1.54) is 10.1 Å². The van der Waals surface area contributed by atoms with Crippen molar-refractivity contribution in [3.05, 3.63) is 129 Å². The second-order valence-electron chi connectivity index (χ2n) is 8.18. The highest BCUT2D eigenvalue weighted by Gasteiger charge is 2.28. The van der Waals surface area contributed by atoms with Gasteiger partial charge in [-0.3, -0.25) is 14.3 Å². The maximum atomic E-state index is 13.8. The maximum Gasteiger partial charge on any atom is 0.297 e. The number of fused-ring (bicyclic) bond motifs is 1. The summed E-state index contributed by atoms with van der Waals surface area (Å²) in [6.45, 7) is 2.10. The van der Waals surface area contributed by atoms with Crippen molar-refractivity contribution < 1.29 is 5.11 Å². The third-order valence-electron chi connectivity index (χ3n) is 6.06. The van der Waals surface area contributed by atoms with Crippen molar-refractivity contribution in [2.75, 3.05) is 6.54 Å². The van der Waals surface area contributed by atoms with Crippen LogP contribution in [0.3, 0.4) is 0 Å². The van der Waals surface area contributed by atoms with Crippen LogP contribution in [0, 0.1) is 0 Å². The summed E-state index contributed by atoms with van der Waals surface area (Å²) in [7, 11) is 0. The molecule has 160 valence electrons. The minimum absolute atomic E-state index is 0.178. The smallest absolute Gasteiger partial charge is 0.297 e. The van der Waals surface area contributed by atoms with Gasteiger partial charge >= 0.3 is 0 Å². The Kier molecular flexibility index (Phi) is 5.57. The average Bonchev–Trinajstić information content (AvgIpc) is 2.84. The minimum Gasteiger partial charge on any atom is -0.480 e. The van der Waals surface area contributed by atoms with Crippen molar-refractivity contribution in [3.63, 3.8) is 0 Å². The molecule has 0 aliphatic carbocycles. The topological polar surface area (TPSA) is 58.4 Å². The average molecular weight is 424 g/mol. The predicted molar refractivity (Wildman–Crippen MR) is 125 cm³/mol. The van der Waals surface area contributed by atoms with Crippen LogP contribution in [-0.4, -0.2) is 26.1 Å². The molecule has 0 spiro atoms. The SMILES string of the molecule is O=c1c2c(nc(O)n1C(c1ccccc1)c1ccccc1)CCN(Cc1ccccc1)C2. The van der Waals surface area contributed by atoms with E-state index in [4.69, 9.17) is 0 Å². The van der Waals surface area contributed by atoms with Gasteiger partial charge in [-0.25, -0.2) is 4.98 Å². The van der Waals surface area contributed by atoms with Gasteiger partial charge in [-0.15, -0.1) is 0 Å². The number of aromatic nitrogens is 2. The largest absolute Gasteiger partial charge is 0.480 e. The van der Waals surface area contributed by atoms with Crippen molar-refractivity contribution in [2.24, 2.45) is 0 Å². The molecule has 1 N–H and O–H groups in total. The van der Waals surface area contributed by atoms with Gasteiger partial charge in [-0.2, -0.15) is 0 Å². The Morgan fingerprint density at radius 1 is 0.844 bits per heavy atom. The van der Waals surface area contributed by atoms with Gasteiger partial charge in [0.15, 0.2) is 0 Å². The highest BCUT2D eigenvalue weighted by atomic mass is 16.3. The molecule has 0 fully saturated rings. The van der Waals surface area contributed by atoms with Gasteiger partial charge in [0, 0.05) is 26.1 Å². The van der Waals surface area contributed by atoms with Gasteiger partial charge in [0.05, 0.1) is 17.3 Å². The van der Waals surface area contributed by atoms with E-state index >= 15 is 0 Å². The molecule has 4 aromatic rings. The molecule has 5 nitrogen and oxygen atoms in total. The summed E-state index contributed by atoms with van der Waals surface area (Å²) < 4.78 is 1.44. The summed E-state index contributed by atoms with van der Waals surface area (Å²) in [5, 5.41) is 10.9. The first-order chi connectivity index (χ1) is 15.7. The fourth-order valence-corrected chi connectivity index (χ4v) is 4.50. The van der Waals surface area contributed by atoms with Crippen LogP contribution in [0.2, 0.25) is 0 Å². The maximum absolute atomic E-state index is 13.8. The number of nitrogens with zero attached hydrogens (tertiary/aromatic N) is 3. The first-order valence-electron chi connectivity index (χ1n) is 10.9. The Bertz CT molecular complexity index is 1220. The summed E-state index contributed by atoms with van der Waals surface area (Å²) >= 11 is 0. The lowest BCUT2D eigenvalue weighted by molar-refractivity contribution is 0.237. The Morgan fingerprint density at radius 3 is 2.00 bits per heavy atom.